The van der Waals surface area contributed by atoms with Crippen LogP contribution in [-0.2, 0) is 22.6 Å². The van der Waals surface area contributed by atoms with Gasteiger partial charge in [-0.15, -0.1) is 0 Å². The summed E-state index contributed by atoms with van der Waals surface area (Å²) in [5.41, 5.74) is 1.91. The molecule has 0 radical (unpaired) electrons. The summed E-state index contributed by atoms with van der Waals surface area (Å²) in [6, 6.07) is 19.0. The molecule has 0 saturated carbocycles. The van der Waals surface area contributed by atoms with Crippen molar-refractivity contribution in [3.63, 3.8) is 0 Å². The number of aromatic nitrogens is 1. The Labute approximate surface area is 241 Å². The van der Waals surface area contributed by atoms with E-state index in [1.54, 1.807) is 21.9 Å². The first-order valence-corrected chi connectivity index (χ1v) is 14.0. The van der Waals surface area contributed by atoms with E-state index in [0.717, 1.165) is 22.0 Å². The fourth-order valence-corrected chi connectivity index (χ4v) is 6.66. The van der Waals surface area contributed by atoms with E-state index in [1.165, 1.54) is 12.1 Å². The minimum Gasteiger partial charge on any atom is -0.391 e. The number of H-pyrrole nitrogens is 1. The number of nitrogens with one attached hydrogen (secondary N) is 1. The summed E-state index contributed by atoms with van der Waals surface area (Å²) in [5, 5.41) is 11.7. The third kappa shape index (κ3) is 4.76. The number of aliphatic hydroxyl groups is 1. The average Bonchev–Trinajstić information content (AvgIpc) is 3.62. The molecule has 3 atom stereocenters. The highest BCUT2D eigenvalue weighted by molar-refractivity contribution is 6.31. The van der Waals surface area contributed by atoms with Crippen molar-refractivity contribution < 1.29 is 19.1 Å². The van der Waals surface area contributed by atoms with E-state index in [-0.39, 0.29) is 36.3 Å². The van der Waals surface area contributed by atoms with Gasteiger partial charge in [-0.05, 0) is 48.2 Å². The summed E-state index contributed by atoms with van der Waals surface area (Å²) < 4.78 is 14.4. The second kappa shape index (κ2) is 10.5. The number of nitrogens with zero attached hydrogens (tertiary/aromatic N) is 2. The Morgan fingerprint density at radius 2 is 1.88 bits per heavy atom. The van der Waals surface area contributed by atoms with Crippen LogP contribution in [0.25, 0.3) is 10.9 Å². The van der Waals surface area contributed by atoms with Crippen LogP contribution in [0.5, 0.6) is 0 Å². The minimum absolute atomic E-state index is 0.00255. The van der Waals surface area contributed by atoms with E-state index in [9.17, 15) is 19.1 Å². The normalized spacial score (nSPS) is 22.9. The van der Waals surface area contributed by atoms with Gasteiger partial charge in [-0.1, -0.05) is 65.7 Å². The Morgan fingerprint density at radius 3 is 2.60 bits per heavy atom. The van der Waals surface area contributed by atoms with Crippen molar-refractivity contribution in [1.82, 2.24) is 14.8 Å². The summed E-state index contributed by atoms with van der Waals surface area (Å²) in [5.74, 6) is -0.936. The van der Waals surface area contributed by atoms with E-state index < -0.39 is 23.4 Å². The number of likely N-dealkylation sites (tertiary alicyclic amines) is 2. The molecule has 2 amide bonds. The van der Waals surface area contributed by atoms with Crippen molar-refractivity contribution in [3.8, 4) is 0 Å². The number of carbonyl (C=O) groups excluding carboxylic acids is 2. The Kier molecular flexibility index (Phi) is 7.07. The van der Waals surface area contributed by atoms with Crippen molar-refractivity contribution in [1.29, 1.82) is 0 Å². The maximum atomic E-state index is 14.6. The summed E-state index contributed by atoms with van der Waals surface area (Å²) in [7, 11) is 0. The lowest BCUT2D eigenvalue weighted by Crippen LogP contribution is -2.48. The Hall–Kier alpha value is -3.39. The number of rotatable bonds is 6. The molecule has 0 aliphatic carbocycles. The molecule has 1 aromatic heterocycles. The molecule has 9 heteroatoms. The smallest absolute Gasteiger partial charge is 0.232 e. The molecular weight excluding hydrogens is 552 g/mol. The molecule has 3 aromatic carbocycles. The van der Waals surface area contributed by atoms with Gasteiger partial charge < -0.3 is 19.9 Å². The fourth-order valence-electron chi connectivity index (χ4n) is 6.37. The van der Waals surface area contributed by atoms with Crippen LogP contribution in [-0.4, -0.2) is 50.9 Å². The average molecular weight is 580 g/mol. The Balaban J connectivity index is 1.53. The number of β-amino-alcohol motifs (C(OH)–C–C–N with tert-alkyl or cyclic N) is 1. The summed E-state index contributed by atoms with van der Waals surface area (Å²) >= 11 is 12.2. The zero-order chi connectivity index (χ0) is 28.0. The molecule has 3 heterocycles. The monoisotopic (exact) mass is 579 g/mol. The molecule has 6 rings (SSSR count). The maximum Gasteiger partial charge on any atom is 0.232 e. The van der Waals surface area contributed by atoms with Crippen LogP contribution in [0.2, 0.25) is 10.0 Å². The standard InChI is InChI=1S/C31H28Cl2FN3O3/c32-21-7-8-23-24(16-35-27(23)13-21)29-31(14-19-4-2-1-3-5-19,30(40)36-11-10-22(38)18-36)15-28(39)37(29)17-20-6-9-25(33)26(34)12-20/h1-9,12-13,16,22,29,35,38H,10-11,14-15,17-18H2. The molecule has 4 aromatic rings. The highest BCUT2D eigenvalue weighted by Gasteiger charge is 2.59. The number of hydrogen-bond donors (Lipinski definition) is 2. The molecule has 0 bridgehead atoms. The number of fused-ring (bicyclic) bond motifs is 1. The lowest BCUT2D eigenvalue weighted by Gasteiger charge is -2.39. The van der Waals surface area contributed by atoms with Gasteiger partial charge in [0.05, 0.1) is 22.6 Å². The van der Waals surface area contributed by atoms with E-state index in [2.05, 4.69) is 4.98 Å². The number of aliphatic hydroxyl groups excluding tert-OH is 1. The van der Waals surface area contributed by atoms with Crippen LogP contribution < -0.4 is 0 Å². The van der Waals surface area contributed by atoms with Crippen LogP contribution in [0, 0.1) is 11.2 Å². The van der Waals surface area contributed by atoms with Crippen molar-refractivity contribution in [2.75, 3.05) is 13.1 Å². The zero-order valence-electron chi connectivity index (χ0n) is 21.6. The first-order chi connectivity index (χ1) is 19.2. The molecule has 2 fully saturated rings. The topological polar surface area (TPSA) is 76.6 Å². The number of aromatic amines is 1. The van der Waals surface area contributed by atoms with Crippen molar-refractivity contribution in [2.24, 2.45) is 5.41 Å². The number of amides is 2. The van der Waals surface area contributed by atoms with Crippen LogP contribution in [0.4, 0.5) is 4.39 Å². The zero-order valence-corrected chi connectivity index (χ0v) is 23.1. The second-order valence-corrected chi connectivity index (χ2v) is 11.6. The maximum absolute atomic E-state index is 14.6. The van der Waals surface area contributed by atoms with Crippen LogP contribution >= 0.6 is 23.2 Å². The molecule has 3 unspecified atom stereocenters. The molecular formula is C31H28Cl2FN3O3. The van der Waals surface area contributed by atoms with Crippen LogP contribution in [0.1, 0.15) is 35.6 Å². The van der Waals surface area contributed by atoms with Gasteiger partial charge in [-0.2, -0.15) is 0 Å². The summed E-state index contributed by atoms with van der Waals surface area (Å²) in [6.07, 6.45) is 2.03. The number of hydrogen-bond acceptors (Lipinski definition) is 3. The first-order valence-electron chi connectivity index (χ1n) is 13.3. The predicted molar refractivity (Wildman–Crippen MR) is 152 cm³/mol. The van der Waals surface area contributed by atoms with Gasteiger partial charge in [-0.3, -0.25) is 9.59 Å². The molecule has 40 heavy (non-hydrogen) atoms. The van der Waals surface area contributed by atoms with Crippen LogP contribution in [0.15, 0.2) is 72.9 Å². The second-order valence-electron chi connectivity index (χ2n) is 10.8. The van der Waals surface area contributed by atoms with Gasteiger partial charge in [-0.25, -0.2) is 4.39 Å². The SMILES string of the molecule is O=C1CC(Cc2ccccc2)(C(=O)N2CCC(O)C2)C(c2c[nH]c3cc(Cl)ccc23)N1Cc1ccc(Cl)c(F)c1. The predicted octanol–water partition coefficient (Wildman–Crippen LogP) is 5.91. The highest BCUT2D eigenvalue weighted by atomic mass is 35.5. The summed E-state index contributed by atoms with van der Waals surface area (Å²) in [6.45, 7) is 0.746. The van der Waals surface area contributed by atoms with E-state index in [4.69, 9.17) is 23.2 Å². The molecule has 2 aliphatic heterocycles. The van der Waals surface area contributed by atoms with Gasteiger partial charge in [0.2, 0.25) is 11.8 Å². The molecule has 206 valence electrons. The highest BCUT2D eigenvalue weighted by Crippen LogP contribution is 2.53. The lowest BCUT2D eigenvalue weighted by atomic mass is 9.71. The van der Waals surface area contributed by atoms with Gasteiger partial charge >= 0.3 is 0 Å². The minimum atomic E-state index is -1.16. The molecule has 2 saturated heterocycles. The molecule has 0 spiro atoms. The Bertz CT molecular complexity index is 1590. The third-order valence-electron chi connectivity index (χ3n) is 8.17. The number of halogens is 3. The Morgan fingerprint density at radius 1 is 1.07 bits per heavy atom. The van der Waals surface area contributed by atoms with E-state index >= 15 is 0 Å². The summed E-state index contributed by atoms with van der Waals surface area (Å²) in [4.78, 5) is 35.2. The van der Waals surface area contributed by atoms with Crippen molar-refractivity contribution in [2.45, 2.75) is 38.0 Å². The quantitative estimate of drug-likeness (QED) is 0.298. The fraction of sp³-hybridized carbons (Fsp3) is 0.290. The van der Waals surface area contributed by atoms with Gasteiger partial charge in [0.25, 0.3) is 0 Å². The molecule has 6 nitrogen and oxygen atoms in total. The molecule has 2 aliphatic rings. The first kappa shape index (κ1) is 26.8. The largest absolute Gasteiger partial charge is 0.391 e. The third-order valence-corrected chi connectivity index (χ3v) is 8.71. The van der Waals surface area contributed by atoms with E-state index in [0.29, 0.717) is 30.0 Å². The van der Waals surface area contributed by atoms with Gasteiger partial charge in [0.1, 0.15) is 5.82 Å². The lowest BCUT2D eigenvalue weighted by molar-refractivity contribution is -0.143. The van der Waals surface area contributed by atoms with Crippen molar-refractivity contribution >= 4 is 45.9 Å². The van der Waals surface area contributed by atoms with Crippen LogP contribution in [0.3, 0.4) is 0 Å². The number of carbonyl (C=O) groups is 2. The molecule has 2 N–H and O–H groups in total. The van der Waals surface area contributed by atoms with E-state index in [1.807, 2.05) is 48.7 Å². The number of benzene rings is 3. The van der Waals surface area contributed by atoms with Gasteiger partial charge in [0.15, 0.2) is 0 Å². The van der Waals surface area contributed by atoms with Gasteiger partial charge in [0, 0.05) is 53.7 Å². The van der Waals surface area contributed by atoms with Crippen molar-refractivity contribution in [3.05, 3.63) is 105 Å².